The van der Waals surface area contributed by atoms with Crippen LogP contribution in [0.15, 0.2) is 77.1 Å². The minimum absolute atomic E-state index is 0.0172. The van der Waals surface area contributed by atoms with Gasteiger partial charge in [-0.2, -0.15) is 4.72 Å². The fourth-order valence-electron chi connectivity index (χ4n) is 3.28. The average molecular weight is 533 g/mol. The molecule has 34 heavy (non-hydrogen) atoms. The van der Waals surface area contributed by atoms with Gasteiger partial charge in [0.2, 0.25) is 9.47 Å². The van der Waals surface area contributed by atoms with E-state index in [-0.39, 0.29) is 20.1 Å². The third-order valence-electron chi connectivity index (χ3n) is 4.94. The number of amides is 1. The Morgan fingerprint density at radius 1 is 0.971 bits per heavy atom. The number of rotatable bonds is 7. The van der Waals surface area contributed by atoms with E-state index < -0.39 is 22.0 Å². The number of hydrogen-bond donors (Lipinski definition) is 2. The lowest BCUT2D eigenvalue weighted by Crippen LogP contribution is -2.30. The molecular formula is C23H18Cl2N4O3S2. The minimum atomic E-state index is -4.07. The molecule has 0 radical (unpaired) electrons. The Bertz CT molecular complexity index is 1440. The van der Waals surface area contributed by atoms with Crippen molar-refractivity contribution in [2.75, 3.05) is 5.32 Å². The predicted molar refractivity (Wildman–Crippen MR) is 134 cm³/mol. The lowest BCUT2D eigenvalue weighted by atomic mass is 9.96. The van der Waals surface area contributed by atoms with Gasteiger partial charge in [-0.1, -0.05) is 89.1 Å². The summed E-state index contributed by atoms with van der Waals surface area (Å²) >= 11 is 12.7. The first-order valence-electron chi connectivity index (χ1n) is 9.97. The topological polar surface area (TPSA) is 101 Å². The zero-order valence-corrected chi connectivity index (χ0v) is 20.8. The first-order chi connectivity index (χ1) is 16.2. The molecule has 4 aromatic rings. The highest BCUT2D eigenvalue weighted by atomic mass is 35.5. The molecule has 0 saturated carbocycles. The zero-order valence-electron chi connectivity index (χ0n) is 17.7. The molecular weight excluding hydrogens is 515 g/mol. The molecule has 11 heteroatoms. The molecule has 2 N–H and O–H groups in total. The second-order valence-corrected chi connectivity index (χ2v) is 11.0. The van der Waals surface area contributed by atoms with Crippen molar-refractivity contribution in [3.05, 3.63) is 105 Å². The van der Waals surface area contributed by atoms with Crippen LogP contribution in [0.3, 0.4) is 0 Å². The van der Waals surface area contributed by atoms with Gasteiger partial charge < -0.3 is 0 Å². The van der Waals surface area contributed by atoms with Crippen molar-refractivity contribution in [1.82, 2.24) is 14.9 Å². The van der Waals surface area contributed by atoms with E-state index >= 15 is 0 Å². The third kappa shape index (κ3) is 5.45. The van der Waals surface area contributed by atoms with Crippen molar-refractivity contribution in [3.8, 4) is 0 Å². The summed E-state index contributed by atoms with van der Waals surface area (Å²) in [6, 6.07) is 20.6. The second-order valence-electron chi connectivity index (χ2n) is 7.27. The van der Waals surface area contributed by atoms with Crippen molar-refractivity contribution in [1.29, 1.82) is 0 Å². The maximum Gasteiger partial charge on any atom is 0.270 e. The van der Waals surface area contributed by atoms with E-state index in [0.717, 1.165) is 28.0 Å². The molecule has 0 saturated heterocycles. The fourth-order valence-corrected chi connectivity index (χ4v) is 5.89. The molecule has 0 fully saturated rings. The van der Waals surface area contributed by atoms with Gasteiger partial charge in [0, 0.05) is 5.02 Å². The highest BCUT2D eigenvalue weighted by Crippen LogP contribution is 2.29. The quantitative estimate of drug-likeness (QED) is 0.307. The Hall–Kier alpha value is -2.82. The average Bonchev–Trinajstić information content (AvgIpc) is 3.28. The summed E-state index contributed by atoms with van der Waals surface area (Å²) in [7, 11) is -4.07. The van der Waals surface area contributed by atoms with Gasteiger partial charge in [-0.25, -0.2) is 8.42 Å². The zero-order chi connectivity index (χ0) is 24.3. The van der Waals surface area contributed by atoms with E-state index in [0.29, 0.717) is 5.02 Å². The van der Waals surface area contributed by atoms with Gasteiger partial charge in [0.05, 0.1) is 16.6 Å². The summed E-state index contributed by atoms with van der Waals surface area (Å²) in [4.78, 5) is 12.5. The highest BCUT2D eigenvalue weighted by Gasteiger charge is 2.27. The Labute approximate surface area is 210 Å². The van der Waals surface area contributed by atoms with Crippen molar-refractivity contribution < 1.29 is 13.2 Å². The van der Waals surface area contributed by atoms with Crippen molar-refractivity contribution >= 4 is 55.6 Å². The van der Waals surface area contributed by atoms with Crippen LogP contribution in [0, 0.1) is 6.92 Å². The number of nitrogens with zero attached hydrogens (tertiary/aromatic N) is 2. The number of halogens is 2. The van der Waals surface area contributed by atoms with Gasteiger partial charge >= 0.3 is 0 Å². The smallest absolute Gasteiger partial charge is 0.270 e. The molecule has 4 rings (SSSR count). The van der Waals surface area contributed by atoms with E-state index in [1.165, 1.54) is 18.2 Å². The monoisotopic (exact) mass is 532 g/mol. The Morgan fingerprint density at radius 2 is 1.68 bits per heavy atom. The molecule has 174 valence electrons. The molecule has 0 aliphatic heterocycles. The summed E-state index contributed by atoms with van der Waals surface area (Å²) in [6.45, 7) is 1.92. The van der Waals surface area contributed by atoms with E-state index in [1.54, 1.807) is 0 Å². The molecule has 0 spiro atoms. The van der Waals surface area contributed by atoms with Crippen LogP contribution < -0.4 is 10.0 Å². The SMILES string of the molecule is Cc1ccccc1C(NS(=O)(=O)c1nnc(NC(=O)c2ccc(Cl)cc2Cl)s1)c1ccccc1. The summed E-state index contributed by atoms with van der Waals surface area (Å²) in [6.07, 6.45) is 0. The first-order valence-corrected chi connectivity index (χ1v) is 13.0. The minimum Gasteiger partial charge on any atom is -0.296 e. The molecule has 1 heterocycles. The van der Waals surface area contributed by atoms with Gasteiger partial charge in [-0.05, 0) is 41.8 Å². The van der Waals surface area contributed by atoms with Gasteiger partial charge in [0.1, 0.15) is 0 Å². The molecule has 3 aromatic carbocycles. The maximum atomic E-state index is 13.2. The summed E-state index contributed by atoms with van der Waals surface area (Å²) in [5.41, 5.74) is 2.69. The van der Waals surface area contributed by atoms with E-state index in [1.807, 2.05) is 61.5 Å². The van der Waals surface area contributed by atoms with Crippen LogP contribution >= 0.6 is 34.5 Å². The number of anilines is 1. The van der Waals surface area contributed by atoms with Crippen LogP contribution in [-0.4, -0.2) is 24.5 Å². The molecule has 1 amide bonds. The fraction of sp³-hybridized carbons (Fsp3) is 0.0870. The number of aromatic nitrogens is 2. The molecule has 0 bridgehead atoms. The van der Waals surface area contributed by atoms with Gasteiger partial charge in [-0.3, -0.25) is 10.1 Å². The molecule has 1 atom stereocenters. The van der Waals surface area contributed by atoms with E-state index in [9.17, 15) is 13.2 Å². The number of aryl methyl sites for hydroxylation is 1. The van der Waals surface area contributed by atoms with Crippen molar-refractivity contribution in [3.63, 3.8) is 0 Å². The van der Waals surface area contributed by atoms with Gasteiger partial charge in [0.15, 0.2) is 0 Å². The van der Waals surface area contributed by atoms with Crippen LogP contribution in [-0.2, 0) is 10.0 Å². The second kappa shape index (κ2) is 10.2. The van der Waals surface area contributed by atoms with Crippen LogP contribution in [0.5, 0.6) is 0 Å². The van der Waals surface area contributed by atoms with Crippen molar-refractivity contribution in [2.24, 2.45) is 0 Å². The van der Waals surface area contributed by atoms with Crippen molar-refractivity contribution in [2.45, 2.75) is 17.3 Å². The Kier molecular flexibility index (Phi) is 7.30. The number of hydrogen-bond acceptors (Lipinski definition) is 6. The Balaban J connectivity index is 1.59. The van der Waals surface area contributed by atoms with Crippen LogP contribution in [0.25, 0.3) is 0 Å². The molecule has 1 aromatic heterocycles. The highest BCUT2D eigenvalue weighted by molar-refractivity contribution is 7.91. The number of sulfonamides is 1. The normalized spacial score (nSPS) is 12.3. The number of benzene rings is 3. The maximum absolute atomic E-state index is 13.2. The first kappa shape index (κ1) is 24.3. The number of carbonyl (C=O) groups excluding carboxylic acids is 1. The molecule has 7 nitrogen and oxygen atoms in total. The van der Waals surface area contributed by atoms with Gasteiger partial charge in [0.25, 0.3) is 15.9 Å². The predicted octanol–water partition coefficient (Wildman–Crippen LogP) is 5.47. The lowest BCUT2D eigenvalue weighted by molar-refractivity contribution is 0.102. The molecule has 0 aliphatic rings. The van der Waals surface area contributed by atoms with Crippen LogP contribution in [0.4, 0.5) is 5.13 Å². The lowest BCUT2D eigenvalue weighted by Gasteiger charge is -2.20. The standard InChI is InChI=1S/C23H18Cl2N4O3S2/c1-14-7-5-6-10-17(14)20(15-8-3-2-4-9-15)29-34(31,32)23-28-27-22(33-23)26-21(30)18-12-11-16(24)13-19(18)25/h2-13,20,29H,1H3,(H,26,27,30). The molecule has 0 aliphatic carbocycles. The molecule has 1 unspecified atom stereocenters. The van der Waals surface area contributed by atoms with E-state index in [4.69, 9.17) is 23.2 Å². The third-order valence-corrected chi connectivity index (χ3v) is 8.11. The summed E-state index contributed by atoms with van der Waals surface area (Å²) in [5, 5.41) is 10.7. The summed E-state index contributed by atoms with van der Waals surface area (Å²) in [5.74, 6) is -0.559. The number of nitrogens with one attached hydrogen (secondary N) is 2. The Morgan fingerprint density at radius 3 is 2.38 bits per heavy atom. The van der Waals surface area contributed by atoms with Gasteiger partial charge in [-0.15, -0.1) is 10.2 Å². The van der Waals surface area contributed by atoms with Crippen LogP contribution in [0.1, 0.15) is 33.1 Å². The van der Waals surface area contributed by atoms with E-state index in [2.05, 4.69) is 20.2 Å². The summed E-state index contributed by atoms with van der Waals surface area (Å²) < 4.78 is 28.9. The largest absolute Gasteiger partial charge is 0.296 e. The number of carbonyl (C=O) groups is 1. The van der Waals surface area contributed by atoms with Crippen LogP contribution in [0.2, 0.25) is 10.0 Å².